The van der Waals surface area contributed by atoms with E-state index in [-0.39, 0.29) is 5.65 Å². The number of halogens is 3. The predicted molar refractivity (Wildman–Crippen MR) is 74.1 cm³/mol. The number of nitrogens with one attached hydrogen (secondary N) is 1. The maximum atomic E-state index is 12.9. The third-order valence-corrected chi connectivity index (χ3v) is 3.95. The van der Waals surface area contributed by atoms with Crippen molar-refractivity contribution in [1.82, 2.24) is 19.8 Å². The summed E-state index contributed by atoms with van der Waals surface area (Å²) in [6.45, 7) is 1.60. The molecule has 0 atom stereocenters. The SMILES string of the molecule is COC1(CNc2ccc3nnc(C(F)(F)F)n3n2)CCOCC1. The molecular weight excluding hydrogens is 315 g/mol. The number of nitrogens with zero attached hydrogens (tertiary/aromatic N) is 4. The standard InChI is InChI=1S/C13H16F3N5O2/c1-22-12(4-6-23-7-5-12)8-17-9-2-3-10-18-19-11(13(14,15)16)21(10)20-9/h2-3H,4-8H2,1H3,(H,17,20). The van der Waals surface area contributed by atoms with Crippen molar-refractivity contribution in [3.63, 3.8) is 0 Å². The highest BCUT2D eigenvalue weighted by Gasteiger charge is 2.38. The van der Waals surface area contributed by atoms with Crippen LogP contribution in [0, 0.1) is 0 Å². The summed E-state index contributed by atoms with van der Waals surface area (Å²) in [6, 6.07) is 2.99. The van der Waals surface area contributed by atoms with E-state index in [0.717, 1.165) is 0 Å². The van der Waals surface area contributed by atoms with E-state index < -0.39 is 17.6 Å². The summed E-state index contributed by atoms with van der Waals surface area (Å²) in [5.41, 5.74) is -0.370. The Morgan fingerprint density at radius 2 is 2.04 bits per heavy atom. The lowest BCUT2D eigenvalue weighted by atomic mass is 9.94. The van der Waals surface area contributed by atoms with Crippen molar-refractivity contribution in [2.24, 2.45) is 0 Å². The zero-order valence-electron chi connectivity index (χ0n) is 12.4. The predicted octanol–water partition coefficient (Wildman–Crippen LogP) is 1.75. The molecule has 10 heteroatoms. The van der Waals surface area contributed by atoms with Crippen molar-refractivity contribution in [2.75, 3.05) is 32.2 Å². The van der Waals surface area contributed by atoms with Crippen LogP contribution in [0.1, 0.15) is 18.7 Å². The monoisotopic (exact) mass is 331 g/mol. The zero-order chi connectivity index (χ0) is 16.5. The van der Waals surface area contributed by atoms with E-state index >= 15 is 0 Å². The van der Waals surface area contributed by atoms with Crippen LogP contribution in [0.25, 0.3) is 5.65 Å². The topological polar surface area (TPSA) is 73.6 Å². The summed E-state index contributed by atoms with van der Waals surface area (Å²) in [4.78, 5) is 0. The molecule has 1 aliphatic rings. The van der Waals surface area contributed by atoms with Crippen molar-refractivity contribution in [3.05, 3.63) is 18.0 Å². The van der Waals surface area contributed by atoms with Crippen molar-refractivity contribution in [3.8, 4) is 0 Å². The molecule has 1 saturated heterocycles. The molecular formula is C13H16F3N5O2. The molecule has 0 aromatic carbocycles. The second-order valence-corrected chi connectivity index (χ2v) is 5.36. The summed E-state index contributed by atoms with van der Waals surface area (Å²) in [7, 11) is 1.62. The summed E-state index contributed by atoms with van der Waals surface area (Å²) in [5, 5.41) is 13.6. The summed E-state index contributed by atoms with van der Waals surface area (Å²) in [5.74, 6) is -0.852. The molecule has 0 radical (unpaired) electrons. The Morgan fingerprint density at radius 1 is 1.30 bits per heavy atom. The van der Waals surface area contributed by atoms with Crippen LogP contribution >= 0.6 is 0 Å². The normalized spacial score (nSPS) is 18.3. The van der Waals surface area contributed by atoms with E-state index in [2.05, 4.69) is 20.6 Å². The molecule has 2 aromatic rings. The van der Waals surface area contributed by atoms with E-state index in [4.69, 9.17) is 9.47 Å². The molecule has 2 aromatic heterocycles. The molecule has 126 valence electrons. The van der Waals surface area contributed by atoms with Gasteiger partial charge in [-0.3, -0.25) is 0 Å². The van der Waals surface area contributed by atoms with E-state index in [1.807, 2.05) is 0 Å². The Labute approximate surface area is 129 Å². The highest BCUT2D eigenvalue weighted by molar-refractivity contribution is 5.44. The Balaban J connectivity index is 1.80. The van der Waals surface area contributed by atoms with Crippen LogP contribution in [0.2, 0.25) is 0 Å². The number of anilines is 1. The van der Waals surface area contributed by atoms with Crippen LogP contribution in [-0.4, -0.2) is 52.3 Å². The van der Waals surface area contributed by atoms with Gasteiger partial charge in [-0.2, -0.15) is 17.7 Å². The van der Waals surface area contributed by atoms with Crippen molar-refractivity contribution in [2.45, 2.75) is 24.6 Å². The number of methoxy groups -OCH3 is 1. The van der Waals surface area contributed by atoms with Crippen LogP contribution in [0.3, 0.4) is 0 Å². The van der Waals surface area contributed by atoms with Crippen LogP contribution in [0.5, 0.6) is 0 Å². The molecule has 0 saturated carbocycles. The number of aromatic nitrogens is 4. The van der Waals surface area contributed by atoms with Crippen LogP contribution in [0.15, 0.2) is 12.1 Å². The number of fused-ring (bicyclic) bond motifs is 1. The van der Waals surface area contributed by atoms with E-state index in [1.54, 1.807) is 13.2 Å². The minimum absolute atomic E-state index is 0.0374. The molecule has 1 N–H and O–H groups in total. The fourth-order valence-corrected chi connectivity index (χ4v) is 2.51. The first kappa shape index (κ1) is 15.9. The Kier molecular flexibility index (Phi) is 4.11. The smallest absolute Gasteiger partial charge is 0.381 e. The molecule has 7 nitrogen and oxygen atoms in total. The first-order valence-electron chi connectivity index (χ1n) is 7.10. The lowest BCUT2D eigenvalue weighted by Gasteiger charge is -2.36. The van der Waals surface area contributed by atoms with Gasteiger partial charge in [0.15, 0.2) is 5.65 Å². The number of ether oxygens (including phenoxy) is 2. The molecule has 0 unspecified atom stereocenters. The molecule has 0 amide bonds. The third-order valence-electron chi connectivity index (χ3n) is 3.95. The fraction of sp³-hybridized carbons (Fsp3) is 0.615. The van der Waals surface area contributed by atoms with Crippen molar-refractivity contribution in [1.29, 1.82) is 0 Å². The summed E-state index contributed by atoms with van der Waals surface area (Å²) < 4.78 is 50.1. The van der Waals surface area contributed by atoms with Crippen LogP contribution in [0.4, 0.5) is 19.0 Å². The summed E-state index contributed by atoms with van der Waals surface area (Å²) in [6.07, 6.45) is -3.20. The molecule has 0 aliphatic carbocycles. The first-order valence-corrected chi connectivity index (χ1v) is 7.10. The Bertz CT molecular complexity index is 682. The van der Waals surface area contributed by atoms with Gasteiger partial charge in [0.25, 0.3) is 5.82 Å². The fourth-order valence-electron chi connectivity index (χ4n) is 2.51. The Morgan fingerprint density at radius 3 is 2.70 bits per heavy atom. The number of hydrogen-bond acceptors (Lipinski definition) is 6. The first-order chi connectivity index (χ1) is 10.9. The molecule has 1 fully saturated rings. The maximum absolute atomic E-state index is 12.9. The molecule has 0 bridgehead atoms. The van der Waals surface area contributed by atoms with Gasteiger partial charge >= 0.3 is 6.18 Å². The van der Waals surface area contributed by atoms with Gasteiger partial charge in [0.1, 0.15) is 5.82 Å². The minimum Gasteiger partial charge on any atom is -0.381 e. The molecule has 3 rings (SSSR count). The van der Waals surface area contributed by atoms with Gasteiger partial charge in [-0.15, -0.1) is 15.3 Å². The highest BCUT2D eigenvalue weighted by Crippen LogP contribution is 2.28. The maximum Gasteiger partial charge on any atom is 0.453 e. The molecule has 0 spiro atoms. The third kappa shape index (κ3) is 3.22. The molecule has 3 heterocycles. The second-order valence-electron chi connectivity index (χ2n) is 5.36. The number of alkyl halides is 3. The Hall–Kier alpha value is -1.94. The molecule has 1 aliphatic heterocycles. The van der Waals surface area contributed by atoms with Gasteiger partial charge in [-0.05, 0) is 12.1 Å². The average Bonchev–Trinajstić information content (AvgIpc) is 2.97. The quantitative estimate of drug-likeness (QED) is 0.920. The van der Waals surface area contributed by atoms with Crippen molar-refractivity contribution < 1.29 is 22.6 Å². The largest absolute Gasteiger partial charge is 0.453 e. The highest BCUT2D eigenvalue weighted by atomic mass is 19.4. The zero-order valence-corrected chi connectivity index (χ0v) is 12.4. The van der Waals surface area contributed by atoms with Crippen LogP contribution < -0.4 is 5.32 Å². The van der Waals surface area contributed by atoms with Crippen molar-refractivity contribution >= 4 is 11.5 Å². The van der Waals surface area contributed by atoms with E-state index in [0.29, 0.717) is 42.9 Å². The molecule has 23 heavy (non-hydrogen) atoms. The van der Waals surface area contributed by atoms with Gasteiger partial charge in [-0.1, -0.05) is 0 Å². The summed E-state index contributed by atoms with van der Waals surface area (Å²) >= 11 is 0. The minimum atomic E-state index is -4.61. The lowest BCUT2D eigenvalue weighted by molar-refractivity contribution is -0.146. The lowest BCUT2D eigenvalue weighted by Crippen LogP contribution is -2.44. The van der Waals surface area contributed by atoms with E-state index in [9.17, 15) is 13.2 Å². The second kappa shape index (κ2) is 5.93. The number of hydrogen-bond donors (Lipinski definition) is 1. The average molecular weight is 331 g/mol. The number of rotatable bonds is 4. The van der Waals surface area contributed by atoms with Gasteiger partial charge in [-0.25, -0.2) is 0 Å². The van der Waals surface area contributed by atoms with Gasteiger partial charge < -0.3 is 14.8 Å². The van der Waals surface area contributed by atoms with E-state index in [1.165, 1.54) is 6.07 Å². The van der Waals surface area contributed by atoms with Gasteiger partial charge in [0.05, 0.1) is 5.60 Å². The van der Waals surface area contributed by atoms with Gasteiger partial charge in [0.2, 0.25) is 0 Å². The van der Waals surface area contributed by atoms with Crippen LogP contribution in [-0.2, 0) is 15.7 Å². The van der Waals surface area contributed by atoms with Gasteiger partial charge in [0, 0.05) is 39.7 Å².